The van der Waals surface area contributed by atoms with Gasteiger partial charge in [-0.15, -0.1) is 0 Å². The lowest BCUT2D eigenvalue weighted by atomic mass is 9.85. The number of likely N-dealkylation sites (N-methyl/N-ethyl adjacent to an activating group) is 1. The molecule has 0 radical (unpaired) electrons. The van der Waals surface area contributed by atoms with Gasteiger partial charge in [0.1, 0.15) is 0 Å². The average molecular weight is 274 g/mol. The minimum absolute atomic E-state index is 0.517. The molecular weight excluding hydrogens is 252 g/mol. The number of aromatic nitrogens is 1. The summed E-state index contributed by atoms with van der Waals surface area (Å²) in [5.74, 6) is 1.63. The molecule has 2 unspecified atom stereocenters. The van der Waals surface area contributed by atoms with E-state index in [9.17, 15) is 0 Å². The summed E-state index contributed by atoms with van der Waals surface area (Å²) < 4.78 is 13.4. The maximum Gasteiger partial charge on any atom is 0.185 e. The Morgan fingerprint density at radius 2 is 1.90 bits per heavy atom. The van der Waals surface area contributed by atoms with Crippen molar-refractivity contribution in [1.29, 1.82) is 0 Å². The number of hydrogen-bond acceptors (Lipinski definition) is 3. The summed E-state index contributed by atoms with van der Waals surface area (Å²) in [6.45, 7) is 0. The molecule has 0 spiro atoms. The topological polar surface area (TPSA) is 26.6 Å². The lowest BCUT2D eigenvalue weighted by molar-refractivity contribution is 0.116. The minimum atomic E-state index is 0.517. The smallest absolute Gasteiger partial charge is 0.185 e. The van der Waals surface area contributed by atoms with Crippen LogP contribution in [0.3, 0.4) is 0 Å². The molecule has 1 heterocycles. The number of fused-ring (bicyclic) bond motifs is 1. The Balaban J connectivity index is 2.12. The third-order valence-corrected chi connectivity index (χ3v) is 4.45. The van der Waals surface area contributed by atoms with Crippen molar-refractivity contribution >= 4 is 10.9 Å². The number of hydrogen-bond donors (Lipinski definition) is 0. The summed E-state index contributed by atoms with van der Waals surface area (Å²) in [7, 11) is 7.70. The Labute approximate surface area is 119 Å². The molecule has 0 bridgehead atoms. The SMILES string of the molecule is COc1ccc2ccn(C3CCC3N(C)C)c2c1OC. The highest BCUT2D eigenvalue weighted by atomic mass is 16.5. The van der Waals surface area contributed by atoms with Crippen molar-refractivity contribution in [2.75, 3.05) is 28.3 Å². The summed E-state index contributed by atoms with van der Waals surface area (Å²) in [4.78, 5) is 2.31. The van der Waals surface area contributed by atoms with Crippen LogP contribution in [0, 0.1) is 0 Å². The fourth-order valence-corrected chi connectivity index (χ4v) is 3.23. The van der Waals surface area contributed by atoms with Crippen LogP contribution in [0.1, 0.15) is 18.9 Å². The van der Waals surface area contributed by atoms with Crippen molar-refractivity contribution in [3.8, 4) is 11.5 Å². The Morgan fingerprint density at radius 1 is 1.10 bits per heavy atom. The van der Waals surface area contributed by atoms with Gasteiger partial charge in [-0.1, -0.05) is 0 Å². The molecule has 2 aromatic rings. The van der Waals surface area contributed by atoms with Gasteiger partial charge in [-0.3, -0.25) is 0 Å². The first-order valence-corrected chi connectivity index (χ1v) is 7.05. The van der Waals surface area contributed by atoms with Crippen molar-refractivity contribution < 1.29 is 9.47 Å². The molecule has 20 heavy (non-hydrogen) atoms. The van der Waals surface area contributed by atoms with Crippen LogP contribution in [0.2, 0.25) is 0 Å². The minimum Gasteiger partial charge on any atom is -0.493 e. The van der Waals surface area contributed by atoms with Crippen LogP contribution in [0.5, 0.6) is 11.5 Å². The number of benzene rings is 1. The van der Waals surface area contributed by atoms with Crippen LogP contribution < -0.4 is 9.47 Å². The van der Waals surface area contributed by atoms with Crippen molar-refractivity contribution in [2.45, 2.75) is 24.9 Å². The molecule has 1 aliphatic carbocycles. The molecule has 0 aliphatic heterocycles. The average Bonchev–Trinajstić information content (AvgIpc) is 2.79. The van der Waals surface area contributed by atoms with E-state index in [1.807, 2.05) is 6.07 Å². The van der Waals surface area contributed by atoms with E-state index in [1.54, 1.807) is 14.2 Å². The predicted molar refractivity (Wildman–Crippen MR) is 80.8 cm³/mol. The molecule has 4 heteroatoms. The normalized spacial score (nSPS) is 22.1. The van der Waals surface area contributed by atoms with Crippen LogP contribution in [0.15, 0.2) is 24.4 Å². The molecule has 1 aliphatic rings. The third kappa shape index (κ3) is 1.86. The fourth-order valence-electron chi connectivity index (χ4n) is 3.23. The van der Waals surface area contributed by atoms with E-state index in [0.717, 1.165) is 17.0 Å². The zero-order valence-electron chi connectivity index (χ0n) is 12.6. The Hall–Kier alpha value is -1.68. The maximum atomic E-state index is 5.60. The summed E-state index contributed by atoms with van der Waals surface area (Å²) in [6, 6.07) is 7.33. The maximum absolute atomic E-state index is 5.60. The van der Waals surface area contributed by atoms with Crippen LogP contribution >= 0.6 is 0 Å². The zero-order chi connectivity index (χ0) is 14.3. The van der Waals surface area contributed by atoms with E-state index in [2.05, 4.69) is 41.9 Å². The molecule has 0 saturated heterocycles. The van der Waals surface area contributed by atoms with E-state index in [0.29, 0.717) is 12.1 Å². The van der Waals surface area contributed by atoms with Crippen LogP contribution in [0.4, 0.5) is 0 Å². The second-order valence-electron chi connectivity index (χ2n) is 5.64. The Morgan fingerprint density at radius 3 is 2.45 bits per heavy atom. The second kappa shape index (κ2) is 5.02. The monoisotopic (exact) mass is 274 g/mol. The first-order valence-electron chi connectivity index (χ1n) is 7.05. The van der Waals surface area contributed by atoms with E-state index in [4.69, 9.17) is 9.47 Å². The van der Waals surface area contributed by atoms with E-state index in [-0.39, 0.29) is 0 Å². The van der Waals surface area contributed by atoms with Gasteiger partial charge in [-0.2, -0.15) is 0 Å². The van der Waals surface area contributed by atoms with Crippen molar-refractivity contribution in [3.63, 3.8) is 0 Å². The summed E-state index contributed by atoms with van der Waals surface area (Å²) in [5, 5.41) is 1.20. The highest BCUT2D eigenvalue weighted by Crippen LogP contribution is 2.42. The molecule has 3 rings (SSSR count). The van der Waals surface area contributed by atoms with Gasteiger partial charge in [0.15, 0.2) is 11.5 Å². The summed E-state index contributed by atoms with van der Waals surface area (Å²) in [5.41, 5.74) is 1.14. The molecule has 0 amide bonds. The Bertz CT molecular complexity index is 618. The van der Waals surface area contributed by atoms with E-state index in [1.165, 1.54) is 18.2 Å². The quantitative estimate of drug-likeness (QED) is 0.857. The molecular formula is C16H22N2O2. The fraction of sp³-hybridized carbons (Fsp3) is 0.500. The molecule has 1 saturated carbocycles. The van der Waals surface area contributed by atoms with Gasteiger partial charge in [0.2, 0.25) is 0 Å². The lowest BCUT2D eigenvalue weighted by Gasteiger charge is -2.42. The summed E-state index contributed by atoms with van der Waals surface area (Å²) >= 11 is 0. The van der Waals surface area contributed by atoms with Crippen LogP contribution in [0.25, 0.3) is 10.9 Å². The van der Waals surface area contributed by atoms with Gasteiger partial charge >= 0.3 is 0 Å². The highest BCUT2D eigenvalue weighted by molar-refractivity contribution is 5.88. The van der Waals surface area contributed by atoms with Gasteiger partial charge < -0.3 is 18.9 Å². The number of nitrogens with zero attached hydrogens (tertiary/aromatic N) is 2. The molecule has 108 valence electrons. The van der Waals surface area contributed by atoms with Crippen molar-refractivity contribution in [3.05, 3.63) is 24.4 Å². The lowest BCUT2D eigenvalue weighted by Crippen LogP contribution is -2.44. The number of methoxy groups -OCH3 is 2. The van der Waals surface area contributed by atoms with Gasteiger partial charge in [0.25, 0.3) is 0 Å². The zero-order valence-corrected chi connectivity index (χ0v) is 12.6. The molecule has 2 atom stereocenters. The van der Waals surface area contributed by atoms with Crippen molar-refractivity contribution in [1.82, 2.24) is 9.47 Å². The third-order valence-electron chi connectivity index (χ3n) is 4.45. The molecule has 1 fully saturated rings. The number of rotatable bonds is 4. The first kappa shape index (κ1) is 13.3. The van der Waals surface area contributed by atoms with Gasteiger partial charge in [-0.25, -0.2) is 0 Å². The largest absolute Gasteiger partial charge is 0.493 e. The van der Waals surface area contributed by atoms with E-state index < -0.39 is 0 Å². The molecule has 0 N–H and O–H groups in total. The predicted octanol–water partition coefficient (Wildman–Crippen LogP) is 2.92. The van der Waals surface area contributed by atoms with Gasteiger partial charge in [0.05, 0.1) is 19.7 Å². The number of ether oxygens (including phenoxy) is 2. The Kier molecular flexibility index (Phi) is 3.34. The first-order chi connectivity index (χ1) is 9.67. The van der Waals surface area contributed by atoms with Crippen molar-refractivity contribution in [2.24, 2.45) is 0 Å². The summed E-state index contributed by atoms with van der Waals surface area (Å²) in [6.07, 6.45) is 4.64. The molecule has 1 aromatic carbocycles. The van der Waals surface area contributed by atoms with Gasteiger partial charge in [-0.05, 0) is 45.1 Å². The highest BCUT2D eigenvalue weighted by Gasteiger charge is 2.34. The van der Waals surface area contributed by atoms with Crippen LogP contribution in [-0.2, 0) is 0 Å². The molecule has 1 aromatic heterocycles. The second-order valence-corrected chi connectivity index (χ2v) is 5.64. The van der Waals surface area contributed by atoms with E-state index >= 15 is 0 Å². The standard InChI is InChI=1S/C16H22N2O2/c1-17(2)12-6-7-13(12)18-10-9-11-5-8-14(19-3)16(20-4)15(11)18/h5,8-10,12-13H,6-7H2,1-4H3. The van der Waals surface area contributed by atoms with Crippen LogP contribution in [-0.4, -0.2) is 43.8 Å². The van der Waals surface area contributed by atoms with Gasteiger partial charge in [0, 0.05) is 23.7 Å². The molecule has 4 nitrogen and oxygen atoms in total.